The van der Waals surface area contributed by atoms with Crippen molar-refractivity contribution < 1.29 is 19.1 Å². The Bertz CT molecular complexity index is 546. The molecular weight excluding hydrogens is 244 g/mol. The van der Waals surface area contributed by atoms with Gasteiger partial charge in [0.2, 0.25) is 0 Å². The third kappa shape index (κ3) is 1.27. The number of ether oxygens (including phenoxy) is 2. The molecule has 0 spiro atoms. The van der Waals surface area contributed by atoms with Gasteiger partial charge in [-0.15, -0.1) is 0 Å². The van der Waals surface area contributed by atoms with Gasteiger partial charge in [0.15, 0.2) is 0 Å². The van der Waals surface area contributed by atoms with Gasteiger partial charge in [-0.25, -0.2) is 4.79 Å². The van der Waals surface area contributed by atoms with Crippen LogP contribution in [0, 0.1) is 11.8 Å². The first-order valence-electron chi connectivity index (χ1n) is 6.81. The Labute approximate surface area is 111 Å². The van der Waals surface area contributed by atoms with Crippen molar-refractivity contribution in [3.63, 3.8) is 0 Å². The fraction of sp³-hybridized carbons (Fsp3) is 0.600. The molecule has 0 aromatic carbocycles. The van der Waals surface area contributed by atoms with Gasteiger partial charge in [-0.3, -0.25) is 4.79 Å². The molecule has 0 bridgehead atoms. The number of esters is 1. The molecule has 1 saturated carbocycles. The lowest BCUT2D eigenvalue weighted by Gasteiger charge is -2.27. The largest absolute Gasteiger partial charge is 0.458 e. The second-order valence-electron chi connectivity index (χ2n) is 6.18. The summed E-state index contributed by atoms with van der Waals surface area (Å²) in [6.45, 7) is 5.93. The summed E-state index contributed by atoms with van der Waals surface area (Å²) < 4.78 is 11.3. The molecular formula is C15H16O4. The number of aldehydes is 1. The quantitative estimate of drug-likeness (QED) is 0.311. The number of epoxide rings is 1. The molecule has 0 aromatic rings. The minimum atomic E-state index is -0.281. The molecule has 0 radical (unpaired) electrons. The molecule has 2 heterocycles. The molecule has 100 valence electrons. The summed E-state index contributed by atoms with van der Waals surface area (Å²) in [4.78, 5) is 23.1. The SMILES string of the molecule is C=C1C(=O)OC2C1CCC(C=O)=C1CC3OC3(C)C12. The second-order valence-corrected chi connectivity index (χ2v) is 6.18. The van der Waals surface area contributed by atoms with Gasteiger partial charge in [-0.2, -0.15) is 0 Å². The Morgan fingerprint density at radius 1 is 1.47 bits per heavy atom. The number of rotatable bonds is 1. The molecule has 2 aliphatic carbocycles. The summed E-state index contributed by atoms with van der Waals surface area (Å²) in [5, 5.41) is 0. The topological polar surface area (TPSA) is 55.9 Å². The molecule has 4 nitrogen and oxygen atoms in total. The van der Waals surface area contributed by atoms with Crippen LogP contribution in [-0.2, 0) is 19.1 Å². The highest BCUT2D eigenvalue weighted by Crippen LogP contribution is 2.61. The van der Waals surface area contributed by atoms with Crippen molar-refractivity contribution in [2.24, 2.45) is 11.8 Å². The Balaban J connectivity index is 1.83. The Hall–Kier alpha value is -1.42. The third-order valence-electron chi connectivity index (χ3n) is 5.33. The molecule has 4 rings (SSSR count). The highest BCUT2D eigenvalue weighted by atomic mass is 16.6. The normalized spacial score (nSPS) is 47.2. The van der Waals surface area contributed by atoms with Crippen LogP contribution in [0.4, 0.5) is 0 Å². The maximum atomic E-state index is 11.8. The van der Waals surface area contributed by atoms with Crippen LogP contribution in [0.25, 0.3) is 0 Å². The second kappa shape index (κ2) is 3.37. The average Bonchev–Trinajstić information content (AvgIpc) is 2.89. The Morgan fingerprint density at radius 2 is 2.26 bits per heavy atom. The van der Waals surface area contributed by atoms with Crippen LogP contribution in [0.15, 0.2) is 23.3 Å². The molecule has 5 atom stereocenters. The molecule has 4 aliphatic rings. The van der Waals surface area contributed by atoms with E-state index < -0.39 is 0 Å². The van der Waals surface area contributed by atoms with E-state index in [9.17, 15) is 9.59 Å². The van der Waals surface area contributed by atoms with Gasteiger partial charge in [-0.1, -0.05) is 12.2 Å². The summed E-state index contributed by atoms with van der Waals surface area (Å²) in [5.74, 6) is -0.213. The van der Waals surface area contributed by atoms with Gasteiger partial charge in [0.05, 0.1) is 6.10 Å². The maximum absolute atomic E-state index is 11.8. The summed E-state index contributed by atoms with van der Waals surface area (Å²) in [5.41, 5.74) is 2.36. The van der Waals surface area contributed by atoms with Crippen LogP contribution >= 0.6 is 0 Å². The molecule has 3 fully saturated rings. The van der Waals surface area contributed by atoms with Gasteiger partial charge in [0.1, 0.15) is 18.0 Å². The minimum absolute atomic E-state index is 0.0322. The van der Waals surface area contributed by atoms with Crippen molar-refractivity contribution in [2.75, 3.05) is 0 Å². The van der Waals surface area contributed by atoms with Crippen molar-refractivity contribution in [1.29, 1.82) is 0 Å². The van der Waals surface area contributed by atoms with E-state index >= 15 is 0 Å². The first-order chi connectivity index (χ1) is 9.06. The van der Waals surface area contributed by atoms with Crippen LogP contribution in [0.5, 0.6) is 0 Å². The molecule has 5 unspecified atom stereocenters. The predicted octanol–water partition coefficient (Wildman–Crippen LogP) is 1.55. The summed E-state index contributed by atoms with van der Waals surface area (Å²) in [6.07, 6.45) is 3.27. The van der Waals surface area contributed by atoms with Gasteiger partial charge < -0.3 is 9.47 Å². The first-order valence-corrected chi connectivity index (χ1v) is 6.81. The van der Waals surface area contributed by atoms with E-state index in [0.29, 0.717) is 5.57 Å². The molecule has 4 heteroatoms. The lowest BCUT2D eigenvalue weighted by atomic mass is 9.81. The van der Waals surface area contributed by atoms with Gasteiger partial charge in [-0.05, 0) is 31.8 Å². The van der Waals surface area contributed by atoms with E-state index in [-0.39, 0.29) is 35.6 Å². The number of carbonyl (C=O) groups excluding carboxylic acids is 2. The van der Waals surface area contributed by atoms with E-state index in [1.165, 1.54) is 0 Å². The summed E-state index contributed by atoms with van der Waals surface area (Å²) in [7, 11) is 0. The number of allylic oxidation sites excluding steroid dienone is 1. The van der Waals surface area contributed by atoms with Crippen LogP contribution in [0.3, 0.4) is 0 Å². The standard InChI is InChI=1S/C15H16O4/c1-7-9-4-3-8(6-16)10-5-11-15(2,19-11)12(10)13(9)18-14(7)17/h6,9,11-13H,1,3-5H2,2H3. The number of fused-ring (bicyclic) bond motifs is 5. The minimum Gasteiger partial charge on any atom is -0.458 e. The zero-order valence-corrected chi connectivity index (χ0v) is 10.8. The lowest BCUT2D eigenvalue weighted by molar-refractivity contribution is -0.141. The van der Waals surface area contributed by atoms with Crippen LogP contribution in [-0.4, -0.2) is 30.1 Å². The van der Waals surface area contributed by atoms with Gasteiger partial charge >= 0.3 is 5.97 Å². The van der Waals surface area contributed by atoms with Gasteiger partial charge in [0.25, 0.3) is 0 Å². The van der Waals surface area contributed by atoms with Crippen molar-refractivity contribution in [2.45, 2.75) is 44.0 Å². The zero-order chi connectivity index (χ0) is 13.4. The van der Waals surface area contributed by atoms with Crippen molar-refractivity contribution >= 4 is 12.3 Å². The first kappa shape index (κ1) is 11.4. The smallest absolute Gasteiger partial charge is 0.334 e. The van der Waals surface area contributed by atoms with E-state index in [1.54, 1.807) is 0 Å². The Morgan fingerprint density at radius 3 is 3.00 bits per heavy atom. The molecule has 0 aromatic heterocycles. The summed E-state index contributed by atoms with van der Waals surface area (Å²) in [6, 6.07) is 0. The monoisotopic (exact) mass is 260 g/mol. The molecule has 2 saturated heterocycles. The molecule has 19 heavy (non-hydrogen) atoms. The van der Waals surface area contributed by atoms with Crippen molar-refractivity contribution in [1.82, 2.24) is 0 Å². The lowest BCUT2D eigenvalue weighted by Crippen LogP contribution is -2.35. The highest BCUT2D eigenvalue weighted by Gasteiger charge is 2.69. The fourth-order valence-electron chi connectivity index (χ4n) is 4.19. The highest BCUT2D eigenvalue weighted by molar-refractivity contribution is 5.91. The average molecular weight is 260 g/mol. The van der Waals surface area contributed by atoms with Crippen LogP contribution < -0.4 is 0 Å². The van der Waals surface area contributed by atoms with E-state index in [4.69, 9.17) is 9.47 Å². The third-order valence-corrected chi connectivity index (χ3v) is 5.33. The molecule has 0 N–H and O–H groups in total. The maximum Gasteiger partial charge on any atom is 0.334 e. The van der Waals surface area contributed by atoms with E-state index in [0.717, 1.165) is 36.7 Å². The Kier molecular flexibility index (Phi) is 2.02. The molecule has 2 aliphatic heterocycles. The number of hydrogen-bond donors (Lipinski definition) is 0. The van der Waals surface area contributed by atoms with E-state index in [1.807, 2.05) is 0 Å². The zero-order valence-electron chi connectivity index (χ0n) is 10.8. The number of carbonyl (C=O) groups is 2. The number of hydrogen-bond acceptors (Lipinski definition) is 4. The fourth-order valence-corrected chi connectivity index (χ4v) is 4.19. The van der Waals surface area contributed by atoms with E-state index in [2.05, 4.69) is 13.5 Å². The molecule has 0 amide bonds. The van der Waals surface area contributed by atoms with Gasteiger partial charge in [0, 0.05) is 17.4 Å². The summed E-state index contributed by atoms with van der Waals surface area (Å²) >= 11 is 0. The van der Waals surface area contributed by atoms with Crippen LogP contribution in [0.1, 0.15) is 26.2 Å². The van der Waals surface area contributed by atoms with Crippen molar-refractivity contribution in [3.05, 3.63) is 23.3 Å². The van der Waals surface area contributed by atoms with Crippen molar-refractivity contribution in [3.8, 4) is 0 Å². The predicted molar refractivity (Wildman–Crippen MR) is 66.2 cm³/mol. The van der Waals surface area contributed by atoms with Crippen LogP contribution in [0.2, 0.25) is 0 Å².